The van der Waals surface area contributed by atoms with Crippen molar-refractivity contribution in [1.82, 2.24) is 4.98 Å². The second kappa shape index (κ2) is 5.60. The lowest BCUT2D eigenvalue weighted by Gasteiger charge is -2.13. The number of thiazole rings is 1. The van der Waals surface area contributed by atoms with Crippen LogP contribution in [0.3, 0.4) is 0 Å². The van der Waals surface area contributed by atoms with Crippen LogP contribution in [0.4, 0.5) is 0 Å². The highest BCUT2D eigenvalue weighted by atomic mass is 79.9. The first kappa shape index (κ1) is 11.8. The molecule has 0 aliphatic heterocycles. The summed E-state index contributed by atoms with van der Waals surface area (Å²) >= 11 is 5.33. The maximum atomic E-state index is 4.35. The van der Waals surface area contributed by atoms with Gasteiger partial charge in [-0.1, -0.05) is 45.8 Å². The van der Waals surface area contributed by atoms with Gasteiger partial charge in [0.05, 0.1) is 5.01 Å². The molecule has 1 nitrogen and oxygen atoms in total. The molecule has 16 heavy (non-hydrogen) atoms. The number of hydrogen-bond donors (Lipinski definition) is 0. The van der Waals surface area contributed by atoms with Gasteiger partial charge in [0.25, 0.3) is 0 Å². The SMILES string of the molecule is Cc1cccc(C(CBr)Cc2nccs2)c1. The third-order valence-corrected chi connectivity index (χ3v) is 4.19. The highest BCUT2D eigenvalue weighted by molar-refractivity contribution is 9.09. The Hall–Kier alpha value is -0.670. The van der Waals surface area contributed by atoms with Gasteiger partial charge in [0.15, 0.2) is 0 Å². The van der Waals surface area contributed by atoms with Crippen LogP contribution < -0.4 is 0 Å². The minimum atomic E-state index is 0.519. The van der Waals surface area contributed by atoms with Crippen molar-refractivity contribution in [3.8, 4) is 0 Å². The van der Waals surface area contributed by atoms with Gasteiger partial charge in [-0.15, -0.1) is 11.3 Å². The first-order valence-corrected chi connectivity index (χ1v) is 7.30. The zero-order valence-electron chi connectivity index (χ0n) is 9.19. The summed E-state index contributed by atoms with van der Waals surface area (Å²) in [5.41, 5.74) is 2.72. The summed E-state index contributed by atoms with van der Waals surface area (Å²) in [6, 6.07) is 8.73. The first-order valence-electron chi connectivity index (χ1n) is 5.30. The third-order valence-electron chi connectivity index (χ3n) is 2.60. The topological polar surface area (TPSA) is 12.9 Å². The summed E-state index contributed by atoms with van der Waals surface area (Å²) in [6.07, 6.45) is 2.90. The van der Waals surface area contributed by atoms with Crippen LogP contribution in [0.1, 0.15) is 22.1 Å². The van der Waals surface area contributed by atoms with Crippen molar-refractivity contribution in [3.63, 3.8) is 0 Å². The predicted octanol–water partition coefficient (Wildman–Crippen LogP) is 4.17. The number of aromatic nitrogens is 1. The molecule has 0 spiro atoms. The third kappa shape index (κ3) is 2.92. The molecule has 0 bridgehead atoms. The van der Waals surface area contributed by atoms with Gasteiger partial charge < -0.3 is 0 Å². The summed E-state index contributed by atoms with van der Waals surface area (Å²) in [6.45, 7) is 2.14. The Kier molecular flexibility index (Phi) is 4.13. The van der Waals surface area contributed by atoms with Gasteiger partial charge in [0, 0.05) is 23.3 Å². The molecule has 3 heteroatoms. The van der Waals surface area contributed by atoms with Crippen LogP contribution in [0.25, 0.3) is 0 Å². The number of rotatable bonds is 4. The van der Waals surface area contributed by atoms with Crippen molar-refractivity contribution in [2.45, 2.75) is 19.3 Å². The van der Waals surface area contributed by atoms with Crippen molar-refractivity contribution in [2.24, 2.45) is 0 Å². The van der Waals surface area contributed by atoms with Gasteiger partial charge in [-0.3, -0.25) is 0 Å². The maximum Gasteiger partial charge on any atom is 0.0931 e. The van der Waals surface area contributed by atoms with Gasteiger partial charge in [-0.2, -0.15) is 0 Å². The smallest absolute Gasteiger partial charge is 0.0931 e. The summed E-state index contributed by atoms with van der Waals surface area (Å²) in [5.74, 6) is 0.519. The lowest BCUT2D eigenvalue weighted by Crippen LogP contribution is -2.04. The molecule has 0 aliphatic carbocycles. The number of alkyl halides is 1. The van der Waals surface area contributed by atoms with E-state index in [1.54, 1.807) is 11.3 Å². The Morgan fingerprint density at radius 1 is 1.44 bits per heavy atom. The Bertz CT molecular complexity index is 439. The van der Waals surface area contributed by atoms with Crippen LogP contribution in [0.15, 0.2) is 35.8 Å². The lowest BCUT2D eigenvalue weighted by atomic mass is 9.97. The molecule has 1 atom stereocenters. The van der Waals surface area contributed by atoms with Crippen molar-refractivity contribution >= 4 is 27.3 Å². The summed E-state index contributed by atoms with van der Waals surface area (Å²) in [5, 5.41) is 4.23. The highest BCUT2D eigenvalue weighted by Gasteiger charge is 2.12. The van der Waals surface area contributed by atoms with Crippen LogP contribution in [0, 0.1) is 6.92 Å². The van der Waals surface area contributed by atoms with E-state index in [9.17, 15) is 0 Å². The number of halogens is 1. The monoisotopic (exact) mass is 295 g/mol. The van der Waals surface area contributed by atoms with Crippen molar-refractivity contribution in [1.29, 1.82) is 0 Å². The Labute approximate surface area is 109 Å². The van der Waals surface area contributed by atoms with Crippen LogP contribution in [-0.4, -0.2) is 10.3 Å². The normalized spacial score (nSPS) is 12.6. The van der Waals surface area contributed by atoms with Crippen molar-refractivity contribution < 1.29 is 0 Å². The van der Waals surface area contributed by atoms with Crippen LogP contribution in [-0.2, 0) is 6.42 Å². The van der Waals surface area contributed by atoms with E-state index in [2.05, 4.69) is 52.1 Å². The molecular weight excluding hydrogens is 282 g/mol. The molecule has 1 unspecified atom stereocenters. The standard InChI is InChI=1S/C13H14BrNS/c1-10-3-2-4-11(7-10)12(9-14)8-13-15-5-6-16-13/h2-7,12H,8-9H2,1H3. The second-order valence-electron chi connectivity index (χ2n) is 3.90. The van der Waals surface area contributed by atoms with Crippen LogP contribution in [0.5, 0.6) is 0 Å². The van der Waals surface area contributed by atoms with Gasteiger partial charge in [-0.05, 0) is 18.4 Å². The largest absolute Gasteiger partial charge is 0.250 e. The van der Waals surface area contributed by atoms with E-state index in [0.29, 0.717) is 5.92 Å². The molecule has 84 valence electrons. The fraction of sp³-hybridized carbons (Fsp3) is 0.308. The number of hydrogen-bond acceptors (Lipinski definition) is 2. The molecule has 0 N–H and O–H groups in total. The lowest BCUT2D eigenvalue weighted by molar-refractivity contribution is 0.769. The molecule has 2 aromatic rings. The fourth-order valence-electron chi connectivity index (χ4n) is 1.75. The van der Waals surface area contributed by atoms with E-state index in [-0.39, 0.29) is 0 Å². The Morgan fingerprint density at radius 3 is 2.94 bits per heavy atom. The summed E-state index contributed by atoms with van der Waals surface area (Å²) in [7, 11) is 0. The van der Waals surface area contributed by atoms with Crippen molar-refractivity contribution in [3.05, 3.63) is 52.0 Å². The van der Waals surface area contributed by atoms with E-state index >= 15 is 0 Å². The molecule has 0 saturated carbocycles. The molecule has 0 amide bonds. The second-order valence-corrected chi connectivity index (χ2v) is 5.52. The zero-order chi connectivity index (χ0) is 11.4. The van der Waals surface area contributed by atoms with Crippen molar-refractivity contribution in [2.75, 3.05) is 5.33 Å². The van der Waals surface area contributed by atoms with E-state index in [4.69, 9.17) is 0 Å². The van der Waals surface area contributed by atoms with E-state index in [0.717, 1.165) is 11.8 Å². The molecule has 0 fully saturated rings. The van der Waals surface area contributed by atoms with E-state index in [1.807, 2.05) is 11.6 Å². The van der Waals surface area contributed by atoms with Gasteiger partial charge in [0.1, 0.15) is 0 Å². The van der Waals surface area contributed by atoms with Crippen LogP contribution in [0.2, 0.25) is 0 Å². The van der Waals surface area contributed by atoms with Gasteiger partial charge in [-0.25, -0.2) is 4.98 Å². The van der Waals surface area contributed by atoms with E-state index in [1.165, 1.54) is 16.1 Å². The number of benzene rings is 1. The number of nitrogens with zero attached hydrogens (tertiary/aromatic N) is 1. The molecule has 1 aromatic heterocycles. The molecule has 2 rings (SSSR count). The maximum absolute atomic E-state index is 4.35. The number of aryl methyl sites for hydroxylation is 1. The Morgan fingerprint density at radius 2 is 2.31 bits per heavy atom. The molecule has 0 radical (unpaired) electrons. The summed E-state index contributed by atoms with van der Waals surface area (Å²) in [4.78, 5) is 4.35. The van der Waals surface area contributed by atoms with Gasteiger partial charge in [0.2, 0.25) is 0 Å². The molecule has 1 aromatic carbocycles. The first-order chi connectivity index (χ1) is 7.79. The van der Waals surface area contributed by atoms with Crippen LogP contribution >= 0.6 is 27.3 Å². The Balaban J connectivity index is 2.16. The molecule has 0 saturated heterocycles. The highest BCUT2D eigenvalue weighted by Crippen LogP contribution is 2.24. The minimum Gasteiger partial charge on any atom is -0.250 e. The van der Waals surface area contributed by atoms with Gasteiger partial charge >= 0.3 is 0 Å². The van der Waals surface area contributed by atoms with E-state index < -0.39 is 0 Å². The summed E-state index contributed by atoms with van der Waals surface area (Å²) < 4.78 is 0. The zero-order valence-corrected chi connectivity index (χ0v) is 11.6. The molecule has 0 aliphatic rings. The average Bonchev–Trinajstić information content (AvgIpc) is 2.78. The minimum absolute atomic E-state index is 0.519. The average molecular weight is 296 g/mol. The molecule has 1 heterocycles. The predicted molar refractivity (Wildman–Crippen MR) is 73.5 cm³/mol. The fourth-order valence-corrected chi connectivity index (χ4v) is 3.05. The molecular formula is C13H14BrNS. The quantitative estimate of drug-likeness (QED) is 0.772.